The van der Waals surface area contributed by atoms with Crippen LogP contribution in [0.15, 0.2) is 30.7 Å². The number of carbonyl (C=O) groups is 1. The third kappa shape index (κ3) is 3.98. The van der Waals surface area contributed by atoms with Crippen LogP contribution in [0, 0.1) is 0 Å². The zero-order chi connectivity index (χ0) is 23.1. The lowest BCUT2D eigenvalue weighted by Gasteiger charge is -2.41. The fraction of sp³-hybridized carbons (Fsp3) is 0.409. The van der Waals surface area contributed by atoms with Crippen molar-refractivity contribution in [2.45, 2.75) is 45.3 Å². The number of pyridine rings is 1. The van der Waals surface area contributed by atoms with Gasteiger partial charge in [0.05, 0.1) is 18.4 Å². The van der Waals surface area contributed by atoms with E-state index in [-0.39, 0.29) is 17.6 Å². The molecule has 0 aromatic carbocycles. The van der Waals surface area contributed by atoms with Gasteiger partial charge in [0.1, 0.15) is 17.4 Å². The number of carbonyl (C=O) groups excluding carboxylic acids is 1. The Morgan fingerprint density at radius 1 is 1.21 bits per heavy atom. The van der Waals surface area contributed by atoms with Gasteiger partial charge in [-0.3, -0.25) is 14.5 Å². The number of aryl methyl sites for hydroxylation is 1. The van der Waals surface area contributed by atoms with Crippen molar-refractivity contribution in [3.05, 3.63) is 53.2 Å². The molecule has 3 aromatic heterocycles. The lowest BCUT2D eigenvalue weighted by Crippen LogP contribution is -2.53. The van der Waals surface area contributed by atoms with Crippen LogP contribution >= 0.6 is 0 Å². The number of aromatic nitrogens is 5. The second kappa shape index (κ2) is 8.38. The third-order valence-electron chi connectivity index (χ3n) is 6.09. The van der Waals surface area contributed by atoms with Gasteiger partial charge in [-0.2, -0.15) is 10.1 Å². The molecule has 1 amide bonds. The molecule has 0 saturated carbocycles. The maximum absolute atomic E-state index is 12.7. The Kier molecular flexibility index (Phi) is 5.39. The normalized spacial score (nSPS) is 17.5. The number of nitrogens with one attached hydrogen (secondary N) is 1. The lowest BCUT2D eigenvalue weighted by atomic mass is 10.0. The van der Waals surface area contributed by atoms with Crippen molar-refractivity contribution in [3.63, 3.8) is 0 Å². The summed E-state index contributed by atoms with van der Waals surface area (Å²) in [6.07, 6.45) is 4.18. The number of rotatable bonds is 6. The second-order valence-corrected chi connectivity index (χ2v) is 8.34. The van der Waals surface area contributed by atoms with E-state index >= 15 is 0 Å². The molecular weight excluding hydrogens is 430 g/mol. The van der Waals surface area contributed by atoms with Crippen LogP contribution in [0.4, 0.5) is 26.2 Å². The molecule has 0 unspecified atom stereocenters. The van der Waals surface area contributed by atoms with Crippen LogP contribution in [0.25, 0.3) is 0 Å². The minimum absolute atomic E-state index is 0.0849. The van der Waals surface area contributed by atoms with E-state index < -0.39 is 6.43 Å². The Morgan fingerprint density at radius 3 is 2.82 bits per heavy atom. The van der Waals surface area contributed by atoms with E-state index in [2.05, 4.69) is 20.4 Å². The standard InChI is InChI=1S/C22H24F2N8O/c1-13-21(33)32-7-3-4-16-18(32)20(30(13)2)29-22(28-16)26-9-15-10-27-31(12-15)11-14-5-6-17(19(23)24)25-8-14/h5-6,8,10,12-13,19H,3-4,7,9,11H2,1-2H3,(H,26,28,29)/t13-/m0/s1. The summed E-state index contributed by atoms with van der Waals surface area (Å²) in [6, 6.07) is 2.69. The van der Waals surface area contributed by atoms with Crippen LogP contribution in [-0.2, 0) is 24.3 Å². The summed E-state index contributed by atoms with van der Waals surface area (Å²) in [6.45, 7) is 3.50. The van der Waals surface area contributed by atoms with Gasteiger partial charge < -0.3 is 15.1 Å². The summed E-state index contributed by atoms with van der Waals surface area (Å²) in [5, 5.41) is 7.61. The Labute approximate surface area is 189 Å². The van der Waals surface area contributed by atoms with E-state index in [4.69, 9.17) is 4.98 Å². The van der Waals surface area contributed by atoms with E-state index in [0.717, 1.165) is 41.2 Å². The molecule has 0 spiro atoms. The number of likely N-dealkylation sites (N-methyl/N-ethyl adjacent to an activating group) is 1. The van der Waals surface area contributed by atoms with Crippen LogP contribution in [0.5, 0.6) is 0 Å². The molecule has 2 aliphatic heterocycles. The highest BCUT2D eigenvalue weighted by Crippen LogP contribution is 2.39. The van der Waals surface area contributed by atoms with E-state index in [0.29, 0.717) is 25.6 Å². The molecule has 9 nitrogen and oxygen atoms in total. The average molecular weight is 454 g/mol. The highest BCUT2D eigenvalue weighted by atomic mass is 19.3. The molecule has 172 valence electrons. The lowest BCUT2D eigenvalue weighted by molar-refractivity contribution is -0.119. The number of halogens is 2. The fourth-order valence-corrected chi connectivity index (χ4v) is 4.19. The predicted octanol–water partition coefficient (Wildman–Crippen LogP) is 2.78. The quantitative estimate of drug-likeness (QED) is 0.612. The smallest absolute Gasteiger partial charge is 0.280 e. The molecule has 2 aliphatic rings. The molecule has 3 aromatic rings. The zero-order valence-corrected chi connectivity index (χ0v) is 18.4. The number of alkyl halides is 2. The van der Waals surface area contributed by atoms with Crippen molar-refractivity contribution in [1.29, 1.82) is 0 Å². The first-order valence-electron chi connectivity index (χ1n) is 10.8. The van der Waals surface area contributed by atoms with Crippen LogP contribution in [0.2, 0.25) is 0 Å². The van der Waals surface area contributed by atoms with E-state index in [9.17, 15) is 13.6 Å². The van der Waals surface area contributed by atoms with Crippen molar-refractivity contribution in [2.24, 2.45) is 0 Å². The molecule has 0 aliphatic carbocycles. The topological polar surface area (TPSA) is 92.1 Å². The summed E-state index contributed by atoms with van der Waals surface area (Å²) in [7, 11) is 1.88. The van der Waals surface area contributed by atoms with Gasteiger partial charge in [-0.25, -0.2) is 13.8 Å². The summed E-state index contributed by atoms with van der Waals surface area (Å²) in [4.78, 5) is 29.5. The maximum Gasteiger partial charge on any atom is 0.280 e. The number of nitrogens with zero attached hydrogens (tertiary/aromatic N) is 7. The van der Waals surface area contributed by atoms with Gasteiger partial charge in [0, 0.05) is 38.1 Å². The summed E-state index contributed by atoms with van der Waals surface area (Å²) < 4.78 is 27.0. The van der Waals surface area contributed by atoms with Crippen molar-refractivity contribution in [1.82, 2.24) is 24.7 Å². The van der Waals surface area contributed by atoms with Crippen molar-refractivity contribution < 1.29 is 13.6 Å². The molecule has 1 atom stereocenters. The molecule has 11 heteroatoms. The summed E-state index contributed by atoms with van der Waals surface area (Å²) >= 11 is 0. The van der Waals surface area contributed by atoms with Crippen LogP contribution in [0.3, 0.4) is 0 Å². The van der Waals surface area contributed by atoms with Crippen molar-refractivity contribution >= 4 is 23.4 Å². The van der Waals surface area contributed by atoms with E-state index in [1.807, 2.05) is 30.0 Å². The van der Waals surface area contributed by atoms with Gasteiger partial charge >= 0.3 is 0 Å². The molecule has 5 rings (SSSR count). The van der Waals surface area contributed by atoms with E-state index in [1.165, 1.54) is 12.3 Å². The Bertz CT molecular complexity index is 1180. The Morgan fingerprint density at radius 2 is 2.06 bits per heavy atom. The van der Waals surface area contributed by atoms with Gasteiger partial charge in [-0.15, -0.1) is 0 Å². The Balaban J connectivity index is 1.29. The first-order chi connectivity index (χ1) is 15.9. The first kappa shape index (κ1) is 21.2. The maximum atomic E-state index is 12.7. The Hall–Kier alpha value is -3.63. The van der Waals surface area contributed by atoms with Gasteiger partial charge in [-0.1, -0.05) is 6.07 Å². The summed E-state index contributed by atoms with van der Waals surface area (Å²) in [5.74, 6) is 1.37. The molecular formula is C22H24F2N8O. The number of amides is 1. The number of hydrogen-bond donors (Lipinski definition) is 1. The van der Waals surface area contributed by atoms with Gasteiger partial charge in [0.15, 0.2) is 5.82 Å². The highest BCUT2D eigenvalue weighted by Gasteiger charge is 2.38. The first-order valence-corrected chi connectivity index (χ1v) is 10.8. The van der Waals surface area contributed by atoms with Gasteiger partial charge in [-0.05, 0) is 31.4 Å². The van der Waals surface area contributed by atoms with Crippen molar-refractivity contribution in [3.8, 4) is 0 Å². The van der Waals surface area contributed by atoms with Crippen LogP contribution in [-0.4, -0.2) is 50.3 Å². The minimum atomic E-state index is -2.58. The molecule has 1 N–H and O–H groups in total. The van der Waals surface area contributed by atoms with Gasteiger partial charge in [0.25, 0.3) is 6.43 Å². The van der Waals surface area contributed by atoms with Crippen LogP contribution in [0.1, 0.15) is 42.3 Å². The molecule has 0 fully saturated rings. The number of hydrogen-bond acceptors (Lipinski definition) is 7. The molecule has 5 heterocycles. The zero-order valence-electron chi connectivity index (χ0n) is 18.4. The van der Waals surface area contributed by atoms with Gasteiger partial charge in [0.2, 0.25) is 11.9 Å². The molecule has 0 saturated heterocycles. The monoisotopic (exact) mass is 454 g/mol. The van der Waals surface area contributed by atoms with E-state index in [1.54, 1.807) is 16.9 Å². The SMILES string of the molecule is C[C@H]1C(=O)N2CCCc3nc(NCc4cnn(Cc5ccc(C(F)F)nc5)c4)nc(c32)N1C. The predicted molar refractivity (Wildman–Crippen MR) is 118 cm³/mol. The van der Waals surface area contributed by atoms with Crippen molar-refractivity contribution in [2.75, 3.05) is 28.7 Å². The molecule has 0 bridgehead atoms. The minimum Gasteiger partial charge on any atom is -0.350 e. The fourth-order valence-electron chi connectivity index (χ4n) is 4.19. The molecule has 0 radical (unpaired) electrons. The highest BCUT2D eigenvalue weighted by molar-refractivity contribution is 6.05. The molecule has 33 heavy (non-hydrogen) atoms. The van der Waals surface area contributed by atoms with Crippen LogP contribution < -0.4 is 15.1 Å². The average Bonchev–Trinajstić information content (AvgIpc) is 3.27. The third-order valence-corrected chi connectivity index (χ3v) is 6.09. The number of anilines is 3. The summed E-state index contributed by atoms with van der Waals surface area (Å²) in [5.41, 5.74) is 3.20. The largest absolute Gasteiger partial charge is 0.350 e. The second-order valence-electron chi connectivity index (χ2n) is 8.34.